The van der Waals surface area contributed by atoms with Gasteiger partial charge >= 0.3 is 5.97 Å². The van der Waals surface area contributed by atoms with Crippen LogP contribution < -0.4 is 14.9 Å². The number of aromatic nitrogens is 1. The van der Waals surface area contributed by atoms with E-state index in [9.17, 15) is 9.59 Å². The second-order valence-corrected chi connectivity index (χ2v) is 8.34. The van der Waals surface area contributed by atoms with Gasteiger partial charge < -0.3 is 18.6 Å². The quantitative estimate of drug-likeness (QED) is 0.242. The van der Waals surface area contributed by atoms with Gasteiger partial charge in [0, 0.05) is 29.1 Å². The molecule has 186 valence electrons. The first kappa shape index (κ1) is 24.1. The maximum Gasteiger partial charge on any atom is 0.374 e. The molecule has 0 aliphatic carbocycles. The zero-order chi connectivity index (χ0) is 25.6. The van der Waals surface area contributed by atoms with E-state index in [-0.39, 0.29) is 24.4 Å². The number of hydrogen-bond acceptors (Lipinski definition) is 7. The molecule has 7 nitrogen and oxygen atoms in total. The van der Waals surface area contributed by atoms with Crippen molar-refractivity contribution in [2.45, 2.75) is 20.0 Å². The van der Waals surface area contributed by atoms with E-state index in [4.69, 9.17) is 18.6 Å². The highest BCUT2D eigenvalue weighted by Gasteiger charge is 2.15. The second-order valence-electron chi connectivity index (χ2n) is 8.34. The summed E-state index contributed by atoms with van der Waals surface area (Å²) in [7, 11) is 0. The molecule has 3 aromatic carbocycles. The second kappa shape index (κ2) is 11.0. The molecule has 0 unspecified atom stereocenters. The van der Waals surface area contributed by atoms with Crippen LogP contribution in [0, 0.1) is 0 Å². The van der Waals surface area contributed by atoms with Crippen LogP contribution in [0.25, 0.3) is 21.9 Å². The number of fused-ring (bicyclic) bond motifs is 2. The molecular formula is C30H25NO6. The van der Waals surface area contributed by atoms with Gasteiger partial charge in [0.05, 0.1) is 24.1 Å². The van der Waals surface area contributed by atoms with Crippen molar-refractivity contribution in [2.75, 3.05) is 13.2 Å². The van der Waals surface area contributed by atoms with Gasteiger partial charge in [-0.3, -0.25) is 9.78 Å². The number of rotatable bonds is 9. The molecule has 0 amide bonds. The molecule has 5 rings (SSSR count). The fourth-order valence-corrected chi connectivity index (χ4v) is 3.97. The fourth-order valence-electron chi connectivity index (χ4n) is 3.97. The molecule has 0 N–H and O–H groups in total. The summed E-state index contributed by atoms with van der Waals surface area (Å²) in [5.74, 6) is 0.546. The third-order valence-electron chi connectivity index (χ3n) is 5.81. The Bertz CT molecular complexity index is 1610. The molecule has 0 aliphatic rings. The Morgan fingerprint density at radius 2 is 1.68 bits per heavy atom. The number of carbonyl (C=O) groups excluding carboxylic acids is 1. The number of benzene rings is 3. The van der Waals surface area contributed by atoms with Gasteiger partial charge in [0.25, 0.3) is 0 Å². The summed E-state index contributed by atoms with van der Waals surface area (Å²) in [5, 5.41) is 1.49. The Kier molecular flexibility index (Phi) is 7.12. The van der Waals surface area contributed by atoms with Gasteiger partial charge in [0.15, 0.2) is 5.43 Å². The summed E-state index contributed by atoms with van der Waals surface area (Å²) < 4.78 is 22.5. The van der Waals surface area contributed by atoms with Crippen molar-refractivity contribution < 1.29 is 23.4 Å². The van der Waals surface area contributed by atoms with E-state index in [0.717, 1.165) is 28.4 Å². The minimum absolute atomic E-state index is 0.132. The molecule has 0 bridgehead atoms. The summed E-state index contributed by atoms with van der Waals surface area (Å²) in [4.78, 5) is 29.2. The summed E-state index contributed by atoms with van der Waals surface area (Å²) in [6, 6.07) is 25.8. The summed E-state index contributed by atoms with van der Waals surface area (Å²) >= 11 is 0. The minimum Gasteiger partial charge on any atom is -0.493 e. The molecule has 37 heavy (non-hydrogen) atoms. The molecule has 2 aromatic heterocycles. The molecule has 2 heterocycles. The van der Waals surface area contributed by atoms with Crippen LogP contribution in [0.15, 0.2) is 94.1 Å². The van der Waals surface area contributed by atoms with Crippen LogP contribution in [-0.4, -0.2) is 24.2 Å². The molecule has 0 radical (unpaired) electrons. The summed E-state index contributed by atoms with van der Waals surface area (Å²) in [6.45, 7) is 2.53. The number of nitrogens with zero attached hydrogens (tertiary/aromatic N) is 1. The summed E-state index contributed by atoms with van der Waals surface area (Å²) in [5.41, 5.74) is 2.59. The van der Waals surface area contributed by atoms with Gasteiger partial charge in [0.1, 0.15) is 23.7 Å². The maximum absolute atomic E-state index is 12.5. The molecule has 0 aliphatic heterocycles. The van der Waals surface area contributed by atoms with E-state index in [0.29, 0.717) is 35.3 Å². The first-order valence-electron chi connectivity index (χ1n) is 12.0. The van der Waals surface area contributed by atoms with Gasteiger partial charge in [-0.1, -0.05) is 36.4 Å². The number of carbonyl (C=O) groups is 1. The Balaban J connectivity index is 1.21. The van der Waals surface area contributed by atoms with Crippen molar-refractivity contribution in [3.8, 4) is 11.5 Å². The molecule has 0 saturated carbocycles. The SMILES string of the molecule is CCOC(=O)c1cc(=O)c2cccc(COc3ccc(OCCc4ccc5ccccc5n4)cc3)c2o1. The van der Waals surface area contributed by atoms with Gasteiger partial charge in [0.2, 0.25) is 5.76 Å². The van der Waals surface area contributed by atoms with Gasteiger partial charge in [-0.05, 0) is 49.4 Å². The smallest absolute Gasteiger partial charge is 0.374 e. The Morgan fingerprint density at radius 1 is 0.892 bits per heavy atom. The topological polar surface area (TPSA) is 87.9 Å². The molecule has 0 atom stereocenters. The van der Waals surface area contributed by atoms with Crippen LogP contribution in [0.4, 0.5) is 0 Å². The Labute approximate surface area is 213 Å². The van der Waals surface area contributed by atoms with Crippen LogP contribution in [-0.2, 0) is 17.8 Å². The molecule has 0 fully saturated rings. The van der Waals surface area contributed by atoms with Crippen molar-refractivity contribution in [3.05, 3.63) is 112 Å². The summed E-state index contributed by atoms with van der Waals surface area (Å²) in [6.07, 6.45) is 0.698. The van der Waals surface area contributed by atoms with Gasteiger partial charge in [-0.15, -0.1) is 0 Å². The average Bonchev–Trinajstić information content (AvgIpc) is 2.92. The van der Waals surface area contributed by atoms with E-state index in [1.807, 2.05) is 54.6 Å². The third-order valence-corrected chi connectivity index (χ3v) is 5.81. The standard InChI is InChI=1S/C30H25NO6/c1-2-34-30(33)28-18-27(32)25-8-5-7-21(29(25)37-28)19-36-24-14-12-23(13-15-24)35-17-16-22-11-10-20-6-3-4-9-26(20)31-22/h3-15,18H,2,16-17,19H2,1H3. The lowest BCUT2D eigenvalue weighted by atomic mass is 10.1. The molecular weight excluding hydrogens is 470 g/mol. The largest absolute Gasteiger partial charge is 0.493 e. The van der Waals surface area contributed by atoms with Crippen molar-refractivity contribution >= 4 is 27.8 Å². The van der Waals surface area contributed by atoms with Gasteiger partial charge in [-0.2, -0.15) is 0 Å². The van der Waals surface area contributed by atoms with Crippen LogP contribution >= 0.6 is 0 Å². The average molecular weight is 496 g/mol. The van der Waals surface area contributed by atoms with Crippen LogP contribution in [0.2, 0.25) is 0 Å². The zero-order valence-corrected chi connectivity index (χ0v) is 20.3. The fraction of sp³-hybridized carbons (Fsp3) is 0.167. The van der Waals surface area contributed by atoms with Crippen molar-refractivity contribution in [1.82, 2.24) is 4.98 Å². The van der Waals surface area contributed by atoms with E-state index >= 15 is 0 Å². The lowest BCUT2D eigenvalue weighted by Crippen LogP contribution is -2.11. The van der Waals surface area contributed by atoms with Crippen LogP contribution in [0.1, 0.15) is 28.7 Å². The van der Waals surface area contributed by atoms with E-state index < -0.39 is 5.97 Å². The molecule has 0 saturated heterocycles. The molecule has 5 aromatic rings. The zero-order valence-electron chi connectivity index (χ0n) is 20.3. The first-order chi connectivity index (χ1) is 18.1. The highest BCUT2D eigenvalue weighted by Crippen LogP contribution is 2.23. The highest BCUT2D eigenvalue weighted by atomic mass is 16.5. The number of pyridine rings is 1. The number of para-hydroxylation sites is 2. The van der Waals surface area contributed by atoms with E-state index in [1.54, 1.807) is 25.1 Å². The lowest BCUT2D eigenvalue weighted by molar-refractivity contribution is 0.0490. The lowest BCUT2D eigenvalue weighted by Gasteiger charge is -2.10. The Hall–Kier alpha value is -4.65. The predicted octanol–water partition coefficient (Wildman–Crippen LogP) is 5.72. The third kappa shape index (κ3) is 5.62. The monoisotopic (exact) mass is 495 g/mol. The number of hydrogen-bond donors (Lipinski definition) is 0. The van der Waals surface area contributed by atoms with Crippen LogP contribution in [0.5, 0.6) is 11.5 Å². The predicted molar refractivity (Wildman–Crippen MR) is 140 cm³/mol. The number of esters is 1. The minimum atomic E-state index is -0.677. The van der Waals surface area contributed by atoms with Crippen LogP contribution in [0.3, 0.4) is 0 Å². The van der Waals surface area contributed by atoms with Crippen molar-refractivity contribution in [2.24, 2.45) is 0 Å². The van der Waals surface area contributed by atoms with Crippen molar-refractivity contribution in [1.29, 1.82) is 0 Å². The number of ether oxygens (including phenoxy) is 3. The van der Waals surface area contributed by atoms with E-state index in [1.165, 1.54) is 0 Å². The van der Waals surface area contributed by atoms with Crippen molar-refractivity contribution in [3.63, 3.8) is 0 Å². The van der Waals surface area contributed by atoms with E-state index in [2.05, 4.69) is 11.1 Å². The first-order valence-corrected chi connectivity index (χ1v) is 12.0. The highest BCUT2D eigenvalue weighted by molar-refractivity contribution is 5.89. The van der Waals surface area contributed by atoms with Gasteiger partial charge in [-0.25, -0.2) is 4.79 Å². The Morgan fingerprint density at radius 3 is 2.49 bits per heavy atom. The maximum atomic E-state index is 12.5. The molecule has 7 heteroatoms. The molecule has 0 spiro atoms. The normalized spacial score (nSPS) is 10.9.